The number of thioether (sulfide) groups is 1. The minimum atomic E-state index is -4.88. The Morgan fingerprint density at radius 3 is 2.55 bits per heavy atom. The van der Waals surface area contributed by atoms with Crippen LogP contribution in [0.2, 0.25) is 0 Å². The van der Waals surface area contributed by atoms with Crippen LogP contribution in [0.3, 0.4) is 0 Å². The fraction of sp³-hybridized carbons (Fsp3) is 0.690. The van der Waals surface area contributed by atoms with Crippen molar-refractivity contribution < 1.29 is 43.1 Å². The Labute approximate surface area is 275 Å². The van der Waals surface area contributed by atoms with Gasteiger partial charge in [0.15, 0.2) is 0 Å². The summed E-state index contributed by atoms with van der Waals surface area (Å²) in [6.45, 7) is -0.187. The number of H-pyrrole nitrogens is 1. The van der Waals surface area contributed by atoms with E-state index in [2.05, 4.69) is 25.5 Å². The molecule has 7 N–H and O–H groups in total. The van der Waals surface area contributed by atoms with Crippen molar-refractivity contribution in [1.82, 2.24) is 25.5 Å². The maximum atomic E-state index is 12.4. The molecule has 47 heavy (non-hydrogen) atoms. The van der Waals surface area contributed by atoms with E-state index in [-0.39, 0.29) is 35.9 Å². The number of carbonyl (C=O) groups excluding carboxylic acids is 3. The summed E-state index contributed by atoms with van der Waals surface area (Å²) in [5, 5.41) is 18.6. The third-order valence-electron chi connectivity index (χ3n) is 8.42. The molecular weight excluding hydrogens is 657 g/mol. The summed E-state index contributed by atoms with van der Waals surface area (Å²) in [6, 6.07) is 0.351. The molecule has 6 atom stereocenters. The second-order valence-electron chi connectivity index (χ2n) is 12.0. The molecule has 3 fully saturated rings. The van der Waals surface area contributed by atoms with Crippen molar-refractivity contribution in [2.75, 3.05) is 18.9 Å². The Kier molecular flexibility index (Phi) is 13.8. The van der Waals surface area contributed by atoms with E-state index in [9.17, 15) is 33.6 Å². The van der Waals surface area contributed by atoms with Gasteiger partial charge in [0.25, 0.3) is 5.56 Å². The number of Topliss-reactive ketones (excluding diaryl/α,β-unsaturated/α-hetero) is 1. The van der Waals surface area contributed by atoms with Crippen molar-refractivity contribution in [3.8, 4) is 0 Å². The lowest BCUT2D eigenvalue weighted by Gasteiger charge is -2.16. The van der Waals surface area contributed by atoms with Crippen LogP contribution in [0.1, 0.15) is 82.4 Å². The van der Waals surface area contributed by atoms with Crippen LogP contribution >= 0.6 is 19.6 Å². The predicted octanol–water partition coefficient (Wildman–Crippen LogP) is 1.06. The minimum absolute atomic E-state index is 0.0274. The van der Waals surface area contributed by atoms with Gasteiger partial charge in [-0.05, 0) is 31.8 Å². The zero-order chi connectivity index (χ0) is 34.0. The molecule has 0 bridgehead atoms. The molecule has 3 aliphatic heterocycles. The van der Waals surface area contributed by atoms with Crippen LogP contribution in [-0.4, -0.2) is 90.6 Å². The average molecular weight is 702 g/mol. The number of amides is 3. The molecule has 1 aromatic rings. The van der Waals surface area contributed by atoms with E-state index < -0.39 is 50.0 Å². The van der Waals surface area contributed by atoms with Gasteiger partial charge < -0.3 is 35.6 Å². The van der Waals surface area contributed by atoms with Gasteiger partial charge in [0, 0.05) is 49.1 Å². The number of ketones is 1. The standard InChI is InChI=1S/C29H44N5O11PS/c35-16-22-21(45-46(41,42)43)14-25(44-22)34-15-18(27(38)33-29(34)40)11-12-24(37)30-13-7-3-1-2-4-8-19(36)9-5-6-10-23-26-20(17-47-23)31-28(39)32-26/h11-12,15,20-23,25-26,35H,1-10,13-14,16-17H2,(H,30,37)(H2,31,32,39)(H,33,38,40)(H2,41,42,43)/b12-11+/t20?,21?,22-,23?,25-,26?/m1/s1. The number of hydrogen-bond donors (Lipinski definition) is 7. The number of carbonyl (C=O) groups is 3. The predicted molar refractivity (Wildman–Crippen MR) is 173 cm³/mol. The number of fused-ring (bicyclic) bond motifs is 1. The number of ether oxygens (including phenoxy) is 1. The summed E-state index contributed by atoms with van der Waals surface area (Å²) in [5.41, 5.74) is -1.61. The van der Waals surface area contributed by atoms with Crippen molar-refractivity contribution in [2.24, 2.45) is 0 Å². The van der Waals surface area contributed by atoms with Crippen LogP contribution < -0.4 is 27.2 Å². The van der Waals surface area contributed by atoms with Gasteiger partial charge in [0.2, 0.25) is 5.91 Å². The first-order chi connectivity index (χ1) is 22.4. The smallest absolute Gasteiger partial charge is 0.394 e. The number of rotatable bonds is 19. The molecule has 1 aromatic heterocycles. The molecular formula is C29H44N5O11PS. The molecule has 3 saturated heterocycles. The normalized spacial score (nSPS) is 25.6. The molecule has 18 heteroatoms. The Morgan fingerprint density at radius 2 is 1.81 bits per heavy atom. The van der Waals surface area contributed by atoms with E-state index in [4.69, 9.17) is 14.5 Å². The summed E-state index contributed by atoms with van der Waals surface area (Å²) in [5.74, 6) is 0.793. The Bertz CT molecular complexity index is 1450. The van der Waals surface area contributed by atoms with Crippen LogP contribution in [0, 0.1) is 0 Å². The van der Waals surface area contributed by atoms with E-state index in [0.717, 1.165) is 74.0 Å². The summed E-state index contributed by atoms with van der Waals surface area (Å²) in [4.78, 5) is 80.9. The van der Waals surface area contributed by atoms with Crippen LogP contribution in [0.4, 0.5) is 4.79 Å². The van der Waals surface area contributed by atoms with E-state index in [1.54, 1.807) is 0 Å². The summed E-state index contributed by atoms with van der Waals surface area (Å²) in [7, 11) is -4.88. The Morgan fingerprint density at radius 1 is 1.09 bits per heavy atom. The highest BCUT2D eigenvalue weighted by Gasteiger charge is 2.43. The number of unbranched alkanes of at least 4 members (excludes halogenated alkanes) is 5. The Balaban J connectivity index is 1.07. The molecule has 4 unspecified atom stereocenters. The fourth-order valence-corrected chi connectivity index (χ4v) is 8.12. The molecule has 0 radical (unpaired) electrons. The zero-order valence-electron chi connectivity index (χ0n) is 26.0. The molecule has 0 aromatic carbocycles. The zero-order valence-corrected chi connectivity index (χ0v) is 27.7. The second kappa shape index (κ2) is 17.6. The lowest BCUT2D eigenvalue weighted by Crippen LogP contribution is -2.36. The quantitative estimate of drug-likeness (QED) is 0.0464. The van der Waals surface area contributed by atoms with Gasteiger partial charge in [0.1, 0.15) is 24.2 Å². The average Bonchev–Trinajstić information content (AvgIpc) is 3.69. The SMILES string of the molecule is O=C(CCCCCCCNC(=O)/C=C/c1cn([C@H]2CC(OP(=O)(O)O)[C@@H](CO)O2)c(=O)[nH]c1=O)CCCCC1SCC2NC(=O)NC21. The second-order valence-corrected chi connectivity index (χ2v) is 14.4. The number of aromatic amines is 1. The molecule has 0 spiro atoms. The van der Waals surface area contributed by atoms with Crippen LogP contribution in [0.15, 0.2) is 21.9 Å². The summed E-state index contributed by atoms with van der Waals surface area (Å²) >= 11 is 1.89. The molecule has 3 aliphatic rings. The fourth-order valence-electron chi connectivity index (χ4n) is 6.01. The van der Waals surface area contributed by atoms with Gasteiger partial charge in [-0.2, -0.15) is 11.8 Å². The minimum Gasteiger partial charge on any atom is -0.394 e. The van der Waals surface area contributed by atoms with Gasteiger partial charge in [-0.15, -0.1) is 0 Å². The Hall–Kier alpha value is -2.79. The first kappa shape index (κ1) is 37.0. The number of urea groups is 1. The van der Waals surface area contributed by atoms with Crippen molar-refractivity contribution >= 4 is 43.4 Å². The maximum absolute atomic E-state index is 12.4. The monoisotopic (exact) mass is 701 g/mol. The number of phosphoric ester groups is 1. The number of aromatic nitrogens is 2. The molecule has 4 rings (SSSR count). The summed E-state index contributed by atoms with van der Waals surface area (Å²) in [6.07, 6.45) is 8.38. The first-order valence-electron chi connectivity index (χ1n) is 16.0. The molecule has 3 amide bonds. The molecule has 0 aliphatic carbocycles. The van der Waals surface area contributed by atoms with Crippen LogP contribution in [0.25, 0.3) is 6.08 Å². The van der Waals surface area contributed by atoms with Crippen molar-refractivity contribution in [2.45, 2.75) is 106 Å². The van der Waals surface area contributed by atoms with E-state index in [1.165, 1.54) is 6.08 Å². The number of nitrogens with zero attached hydrogens (tertiary/aromatic N) is 1. The largest absolute Gasteiger partial charge is 0.469 e. The van der Waals surface area contributed by atoms with Crippen LogP contribution in [-0.2, 0) is 23.4 Å². The number of nitrogens with one attached hydrogen (secondary N) is 4. The van der Waals surface area contributed by atoms with Crippen molar-refractivity contribution in [3.05, 3.63) is 38.7 Å². The molecule has 4 heterocycles. The highest BCUT2D eigenvalue weighted by Crippen LogP contribution is 2.43. The number of hydrogen-bond acceptors (Lipinski definition) is 10. The van der Waals surface area contributed by atoms with E-state index >= 15 is 0 Å². The topological polar surface area (TPSA) is 238 Å². The van der Waals surface area contributed by atoms with E-state index in [0.29, 0.717) is 24.6 Å². The summed E-state index contributed by atoms with van der Waals surface area (Å²) < 4.78 is 22.4. The van der Waals surface area contributed by atoms with Gasteiger partial charge >= 0.3 is 19.5 Å². The third-order valence-corrected chi connectivity index (χ3v) is 10.5. The molecule has 0 saturated carbocycles. The molecule has 262 valence electrons. The third kappa shape index (κ3) is 11.4. The van der Waals surface area contributed by atoms with Crippen molar-refractivity contribution in [3.63, 3.8) is 0 Å². The number of aliphatic hydroxyl groups is 1. The van der Waals surface area contributed by atoms with Gasteiger partial charge in [-0.3, -0.25) is 28.5 Å². The number of aliphatic hydroxyl groups excluding tert-OH is 1. The number of phosphoric acid groups is 1. The van der Waals surface area contributed by atoms with Gasteiger partial charge in [-0.1, -0.05) is 25.7 Å². The lowest BCUT2D eigenvalue weighted by atomic mass is 10.0. The highest BCUT2D eigenvalue weighted by molar-refractivity contribution is 8.00. The maximum Gasteiger partial charge on any atom is 0.469 e. The van der Waals surface area contributed by atoms with E-state index in [1.807, 2.05) is 11.8 Å². The van der Waals surface area contributed by atoms with Gasteiger partial charge in [0.05, 0.1) is 24.3 Å². The van der Waals surface area contributed by atoms with Crippen molar-refractivity contribution in [1.29, 1.82) is 0 Å². The lowest BCUT2D eigenvalue weighted by molar-refractivity contribution is -0.119. The first-order valence-corrected chi connectivity index (χ1v) is 18.5. The van der Waals surface area contributed by atoms with Gasteiger partial charge in [-0.25, -0.2) is 14.2 Å². The van der Waals surface area contributed by atoms with Crippen LogP contribution in [0.5, 0.6) is 0 Å². The highest BCUT2D eigenvalue weighted by atomic mass is 32.2. The molecule has 16 nitrogen and oxygen atoms in total.